The molecule has 0 aromatic rings. The van der Waals surface area contributed by atoms with E-state index >= 15 is 0 Å². The molecule has 0 spiro atoms. The zero-order valence-electron chi connectivity index (χ0n) is 11.8. The van der Waals surface area contributed by atoms with Crippen molar-refractivity contribution in [2.24, 2.45) is 0 Å². The summed E-state index contributed by atoms with van der Waals surface area (Å²) in [6.45, 7) is 14.0. The van der Waals surface area contributed by atoms with Crippen LogP contribution in [0.5, 0.6) is 0 Å². The van der Waals surface area contributed by atoms with Crippen molar-refractivity contribution >= 4 is 0 Å². The molecule has 2 aliphatic carbocycles. The Hall–Kier alpha value is -0.170. The molecule has 1 heteroatoms. The fourth-order valence-corrected chi connectivity index (χ4v) is 11.0. The van der Waals surface area contributed by atoms with E-state index in [1.54, 1.807) is 11.1 Å². The molecule has 17 heavy (non-hydrogen) atoms. The van der Waals surface area contributed by atoms with Crippen molar-refractivity contribution in [2.75, 3.05) is 0 Å². The summed E-state index contributed by atoms with van der Waals surface area (Å²) >= 11 is -0.859. The molecule has 0 aliphatic heterocycles. The van der Waals surface area contributed by atoms with E-state index < -0.39 is 22.9 Å². The molecule has 0 amide bonds. The van der Waals surface area contributed by atoms with Gasteiger partial charge in [0.2, 0.25) is 0 Å². The average Bonchev–Trinajstić information content (AvgIpc) is 2.51. The second-order valence-electron chi connectivity index (χ2n) is 5.96. The summed E-state index contributed by atoms with van der Waals surface area (Å²) in [5.74, 6) is 0. The van der Waals surface area contributed by atoms with Crippen molar-refractivity contribution in [3.63, 3.8) is 0 Å². The van der Waals surface area contributed by atoms with E-state index in [0.29, 0.717) is 6.34 Å². The van der Waals surface area contributed by atoms with Gasteiger partial charge in [-0.15, -0.1) is 0 Å². The van der Waals surface area contributed by atoms with E-state index in [-0.39, 0.29) is 0 Å². The second kappa shape index (κ2) is 4.19. The van der Waals surface area contributed by atoms with Gasteiger partial charge in [0.25, 0.3) is 0 Å². The maximum absolute atomic E-state index is 2.52. The summed E-state index contributed by atoms with van der Waals surface area (Å²) in [5, 5.41) is 0. The molecule has 0 nitrogen and oxygen atoms in total. The van der Waals surface area contributed by atoms with Crippen LogP contribution in [0, 0.1) is 0 Å². The molecule has 0 aromatic heterocycles. The molecule has 0 bridgehead atoms. The monoisotopic (exact) mass is 394 g/mol. The van der Waals surface area contributed by atoms with Crippen LogP contribution in [0.25, 0.3) is 0 Å². The van der Waals surface area contributed by atoms with Gasteiger partial charge in [0.1, 0.15) is 0 Å². The average molecular weight is 393 g/mol. The number of allylic oxidation sites excluding steroid dienone is 8. The Morgan fingerprint density at radius 3 is 1.35 bits per heavy atom. The molecule has 0 aromatic carbocycles. The molecule has 0 radical (unpaired) electrons. The second-order valence-corrected chi connectivity index (χ2v) is 14.3. The SMILES string of the molecule is CC1=C[C](C)([Hf][C]2(C)C=C(C)C=C2C)C(C)=C1. The third-order valence-electron chi connectivity index (χ3n) is 4.08. The van der Waals surface area contributed by atoms with Crippen LogP contribution in [-0.4, -0.2) is 0 Å². The van der Waals surface area contributed by atoms with Crippen LogP contribution in [0.1, 0.15) is 41.5 Å². The van der Waals surface area contributed by atoms with Crippen molar-refractivity contribution in [3.05, 3.63) is 46.6 Å². The van der Waals surface area contributed by atoms with Crippen LogP contribution >= 0.6 is 0 Å². The Kier molecular flexibility index (Phi) is 3.27. The van der Waals surface area contributed by atoms with Gasteiger partial charge in [0.15, 0.2) is 0 Å². The molecule has 2 atom stereocenters. The van der Waals surface area contributed by atoms with E-state index in [2.05, 4.69) is 65.8 Å². The topological polar surface area (TPSA) is 0 Å². The summed E-state index contributed by atoms with van der Waals surface area (Å²) in [6, 6.07) is 0. The van der Waals surface area contributed by atoms with Crippen LogP contribution < -0.4 is 0 Å². The Bertz CT molecular complexity index is 432. The van der Waals surface area contributed by atoms with E-state index in [4.69, 9.17) is 0 Å². The fourth-order valence-electron chi connectivity index (χ4n) is 3.01. The van der Waals surface area contributed by atoms with Crippen molar-refractivity contribution in [1.82, 2.24) is 0 Å². The first kappa shape index (κ1) is 13.3. The van der Waals surface area contributed by atoms with Gasteiger partial charge >= 0.3 is 117 Å². The van der Waals surface area contributed by atoms with Crippen LogP contribution in [-0.2, 0) is 22.9 Å². The quantitative estimate of drug-likeness (QED) is 0.564. The van der Waals surface area contributed by atoms with Gasteiger partial charge in [0, 0.05) is 0 Å². The minimum atomic E-state index is -0.859. The van der Waals surface area contributed by atoms with Crippen LogP contribution in [0.2, 0.25) is 6.34 Å². The molecule has 0 saturated heterocycles. The van der Waals surface area contributed by atoms with Gasteiger partial charge in [-0.1, -0.05) is 0 Å². The predicted molar refractivity (Wildman–Crippen MR) is 71.8 cm³/mol. The van der Waals surface area contributed by atoms with Gasteiger partial charge in [-0.25, -0.2) is 0 Å². The summed E-state index contributed by atoms with van der Waals surface area (Å²) in [5.41, 5.74) is 6.10. The molecule has 2 aliphatic rings. The van der Waals surface area contributed by atoms with Crippen LogP contribution in [0.4, 0.5) is 0 Å². The fraction of sp³-hybridized carbons (Fsp3) is 0.500. The zero-order valence-corrected chi connectivity index (χ0v) is 15.4. The molecule has 2 unspecified atom stereocenters. The standard InChI is InChI=1S/2C8H11.Hf/c2*1-6-4-7(2)8(3)5-6;/h2*4-5H,1-3H3;. The first-order valence-electron chi connectivity index (χ1n) is 6.31. The number of hydrogen-bond acceptors (Lipinski definition) is 0. The first-order chi connectivity index (χ1) is 7.75. The van der Waals surface area contributed by atoms with E-state index in [1.807, 2.05) is 0 Å². The van der Waals surface area contributed by atoms with Crippen molar-refractivity contribution in [1.29, 1.82) is 0 Å². The normalized spacial score (nSPS) is 36.4. The van der Waals surface area contributed by atoms with Gasteiger partial charge in [-0.3, -0.25) is 0 Å². The molecule has 0 N–H and O–H groups in total. The van der Waals surface area contributed by atoms with Crippen molar-refractivity contribution in [3.8, 4) is 0 Å². The third-order valence-corrected chi connectivity index (χ3v) is 11.7. The predicted octanol–water partition coefficient (Wildman–Crippen LogP) is 5.24. The molecule has 0 saturated carbocycles. The number of hydrogen-bond donors (Lipinski definition) is 0. The van der Waals surface area contributed by atoms with Crippen LogP contribution in [0.3, 0.4) is 0 Å². The summed E-state index contributed by atoms with van der Waals surface area (Å²) in [6.07, 6.45) is 9.79. The Balaban J connectivity index is 2.30. The number of rotatable bonds is 2. The van der Waals surface area contributed by atoms with Gasteiger partial charge in [-0.2, -0.15) is 0 Å². The van der Waals surface area contributed by atoms with Crippen LogP contribution in [0.15, 0.2) is 46.6 Å². The van der Waals surface area contributed by atoms with Crippen molar-refractivity contribution in [2.45, 2.75) is 47.9 Å². The Labute approximate surface area is 117 Å². The summed E-state index contributed by atoms with van der Waals surface area (Å²) in [4.78, 5) is 0. The molecular weight excluding hydrogens is 371 g/mol. The molecule has 0 fully saturated rings. The first-order valence-corrected chi connectivity index (χ1v) is 9.90. The zero-order chi connectivity index (χ0) is 12.8. The van der Waals surface area contributed by atoms with Gasteiger partial charge in [0.05, 0.1) is 0 Å². The molecule has 0 heterocycles. The van der Waals surface area contributed by atoms with Gasteiger partial charge in [-0.05, 0) is 0 Å². The maximum atomic E-state index is 2.52. The summed E-state index contributed by atoms with van der Waals surface area (Å²) < 4.78 is 0.851. The minimum absolute atomic E-state index is 0.426. The molecule has 2 rings (SSSR count). The van der Waals surface area contributed by atoms with E-state index in [9.17, 15) is 0 Å². The van der Waals surface area contributed by atoms with E-state index in [0.717, 1.165) is 0 Å². The third kappa shape index (κ3) is 2.36. The Morgan fingerprint density at radius 1 is 0.765 bits per heavy atom. The summed E-state index contributed by atoms with van der Waals surface area (Å²) in [7, 11) is 0. The molecular formula is C16H22Hf. The Morgan fingerprint density at radius 2 is 1.12 bits per heavy atom. The van der Waals surface area contributed by atoms with E-state index in [1.165, 1.54) is 11.1 Å². The van der Waals surface area contributed by atoms with Crippen molar-refractivity contribution < 1.29 is 22.9 Å². The molecule has 90 valence electrons. The van der Waals surface area contributed by atoms with Gasteiger partial charge < -0.3 is 0 Å².